The van der Waals surface area contributed by atoms with Crippen LogP contribution in [0.4, 0.5) is 0 Å². The van der Waals surface area contributed by atoms with E-state index in [0.29, 0.717) is 34.1 Å². The Morgan fingerprint density at radius 3 is 2.64 bits per heavy atom. The number of nitrogens with zero attached hydrogens (tertiary/aromatic N) is 4. The normalized spacial score (nSPS) is 12.3. The van der Waals surface area contributed by atoms with Crippen molar-refractivity contribution in [3.63, 3.8) is 0 Å². The number of carbonyl (C=O) groups excluding carboxylic acids is 1. The molecule has 9 heteroatoms. The molecule has 1 unspecified atom stereocenters. The van der Waals surface area contributed by atoms with Crippen LogP contribution < -0.4 is 10.9 Å². The topological polar surface area (TPSA) is 81.3 Å². The molecule has 0 bridgehead atoms. The smallest absolute Gasteiger partial charge is 0.267 e. The van der Waals surface area contributed by atoms with Gasteiger partial charge in [-0.25, -0.2) is 4.57 Å². The van der Waals surface area contributed by atoms with Crippen LogP contribution in [-0.4, -0.2) is 30.3 Å². The third-order valence-electron chi connectivity index (χ3n) is 5.36. The number of rotatable bonds is 6. The first-order valence-corrected chi connectivity index (χ1v) is 12.2. The van der Waals surface area contributed by atoms with Gasteiger partial charge in [0.1, 0.15) is 0 Å². The molecule has 0 aliphatic rings. The lowest BCUT2D eigenvalue weighted by Gasteiger charge is -2.13. The molecule has 0 aliphatic heterocycles. The van der Waals surface area contributed by atoms with Crippen LogP contribution in [0, 0.1) is 6.92 Å². The minimum absolute atomic E-state index is 0.0821. The third-order valence-corrected chi connectivity index (χ3v) is 7.27. The minimum Gasteiger partial charge on any atom is -0.350 e. The third kappa shape index (κ3) is 4.05. The predicted octanol–water partition coefficient (Wildman–Crippen LogP) is 4.20. The molecule has 0 saturated carbocycles. The summed E-state index contributed by atoms with van der Waals surface area (Å²) in [5.41, 5.74) is 2.36. The molecule has 5 rings (SSSR count). The molecule has 5 aromatic rings. The zero-order valence-corrected chi connectivity index (χ0v) is 19.7. The summed E-state index contributed by atoms with van der Waals surface area (Å²) in [5.74, 6) is 0.331. The van der Waals surface area contributed by atoms with E-state index in [1.54, 1.807) is 22.0 Å². The van der Waals surface area contributed by atoms with Crippen molar-refractivity contribution in [2.75, 3.05) is 0 Å². The van der Waals surface area contributed by atoms with E-state index in [1.807, 2.05) is 78.2 Å². The van der Waals surface area contributed by atoms with E-state index in [2.05, 4.69) is 15.5 Å². The molecule has 0 spiro atoms. The fraction of sp³-hybridized carbons (Fsp3) is 0.167. The van der Waals surface area contributed by atoms with Crippen molar-refractivity contribution < 1.29 is 4.79 Å². The molecule has 1 N–H and O–H groups in total. The van der Waals surface area contributed by atoms with Gasteiger partial charge in [0.05, 0.1) is 28.4 Å². The van der Waals surface area contributed by atoms with Crippen LogP contribution in [0.5, 0.6) is 0 Å². The van der Waals surface area contributed by atoms with Crippen molar-refractivity contribution in [2.45, 2.75) is 30.8 Å². The number of hydrogen-bond acceptors (Lipinski definition) is 6. The zero-order valence-electron chi connectivity index (χ0n) is 18.1. The van der Waals surface area contributed by atoms with E-state index in [4.69, 9.17) is 0 Å². The van der Waals surface area contributed by atoms with Crippen LogP contribution in [0.1, 0.15) is 17.4 Å². The van der Waals surface area contributed by atoms with Gasteiger partial charge in [-0.1, -0.05) is 47.7 Å². The Labute approximate surface area is 198 Å². The lowest BCUT2D eigenvalue weighted by atomic mass is 10.2. The molecule has 0 aliphatic carbocycles. The van der Waals surface area contributed by atoms with Crippen molar-refractivity contribution >= 4 is 45.7 Å². The number of fused-ring (bicyclic) bond motifs is 3. The molecular weight excluding hydrogens is 454 g/mol. The molecule has 7 nitrogen and oxygen atoms in total. The summed E-state index contributed by atoms with van der Waals surface area (Å²) in [4.78, 5) is 27.2. The average Bonchev–Trinajstić information content (AvgIpc) is 3.49. The van der Waals surface area contributed by atoms with Crippen molar-refractivity contribution in [3.8, 4) is 5.69 Å². The first kappa shape index (κ1) is 21.4. The molecule has 166 valence electrons. The van der Waals surface area contributed by atoms with Crippen LogP contribution in [0.25, 0.3) is 22.4 Å². The fourth-order valence-corrected chi connectivity index (χ4v) is 5.15. The summed E-state index contributed by atoms with van der Waals surface area (Å²) < 4.78 is 3.42. The molecule has 3 heterocycles. The molecule has 0 saturated heterocycles. The number of nitrogens with one attached hydrogen (secondary N) is 1. The molecule has 3 aromatic heterocycles. The Bertz CT molecular complexity index is 1500. The monoisotopic (exact) mass is 475 g/mol. The second-order valence-corrected chi connectivity index (χ2v) is 10.0. The van der Waals surface area contributed by atoms with Crippen molar-refractivity contribution in [2.24, 2.45) is 0 Å². The van der Waals surface area contributed by atoms with Gasteiger partial charge in [0.25, 0.3) is 5.56 Å². The summed E-state index contributed by atoms with van der Waals surface area (Å²) in [7, 11) is 0. The van der Waals surface area contributed by atoms with Crippen LogP contribution in [0.15, 0.2) is 76.0 Å². The Morgan fingerprint density at radius 2 is 1.88 bits per heavy atom. The Hall–Kier alpha value is -3.43. The van der Waals surface area contributed by atoms with Gasteiger partial charge in [-0.15, -0.1) is 21.5 Å². The van der Waals surface area contributed by atoms with Gasteiger partial charge >= 0.3 is 0 Å². The summed E-state index contributed by atoms with van der Waals surface area (Å²) in [5, 5.41) is 14.4. The van der Waals surface area contributed by atoms with Crippen LogP contribution in [-0.2, 0) is 11.3 Å². The van der Waals surface area contributed by atoms with Crippen molar-refractivity contribution in [1.29, 1.82) is 0 Å². The van der Waals surface area contributed by atoms with E-state index in [-0.39, 0.29) is 11.5 Å². The number of amides is 1. The zero-order chi connectivity index (χ0) is 22.9. The standard InChI is InChI=1S/C24H21N5O2S2/c1-15-9-11-17(12-10-15)28-22(31)19-7-3-4-8-20(19)29-23(28)26-27-24(29)33-16(2)21(30)25-14-18-6-5-13-32-18/h3-13,16H,14H2,1-2H3,(H,25,30). The largest absolute Gasteiger partial charge is 0.350 e. The summed E-state index contributed by atoms with van der Waals surface area (Å²) >= 11 is 2.92. The first-order chi connectivity index (χ1) is 16.0. The van der Waals surface area contributed by atoms with Gasteiger partial charge in [-0.2, -0.15) is 0 Å². The molecule has 0 radical (unpaired) electrons. The van der Waals surface area contributed by atoms with Gasteiger partial charge < -0.3 is 5.32 Å². The number of aromatic nitrogens is 4. The number of hydrogen-bond donors (Lipinski definition) is 1. The molecule has 0 fully saturated rings. The van der Waals surface area contributed by atoms with E-state index in [0.717, 1.165) is 10.4 Å². The highest BCUT2D eigenvalue weighted by Gasteiger charge is 2.22. The number of para-hydroxylation sites is 1. The van der Waals surface area contributed by atoms with Gasteiger partial charge in [-0.05, 0) is 49.6 Å². The van der Waals surface area contributed by atoms with E-state index in [9.17, 15) is 9.59 Å². The van der Waals surface area contributed by atoms with E-state index in [1.165, 1.54) is 11.8 Å². The molecular formula is C24H21N5O2S2. The summed E-state index contributed by atoms with van der Waals surface area (Å²) in [6, 6.07) is 19.1. The van der Waals surface area contributed by atoms with Gasteiger partial charge in [0.15, 0.2) is 5.16 Å². The second-order valence-electron chi connectivity index (χ2n) is 7.67. The maximum atomic E-state index is 13.4. The van der Waals surface area contributed by atoms with Gasteiger partial charge in [-0.3, -0.25) is 14.0 Å². The van der Waals surface area contributed by atoms with Crippen LogP contribution >= 0.6 is 23.1 Å². The van der Waals surface area contributed by atoms with Crippen LogP contribution in [0.3, 0.4) is 0 Å². The quantitative estimate of drug-likeness (QED) is 0.372. The summed E-state index contributed by atoms with van der Waals surface area (Å²) in [6.07, 6.45) is 0. The van der Waals surface area contributed by atoms with Gasteiger partial charge in [0.2, 0.25) is 11.7 Å². The maximum absolute atomic E-state index is 13.4. The minimum atomic E-state index is -0.393. The Balaban J connectivity index is 1.56. The number of carbonyl (C=O) groups is 1. The first-order valence-electron chi connectivity index (χ1n) is 10.5. The van der Waals surface area contributed by atoms with Crippen molar-refractivity contribution in [3.05, 3.63) is 86.8 Å². The average molecular weight is 476 g/mol. The van der Waals surface area contributed by atoms with E-state index >= 15 is 0 Å². The van der Waals surface area contributed by atoms with Crippen molar-refractivity contribution in [1.82, 2.24) is 24.5 Å². The fourth-order valence-electron chi connectivity index (χ4n) is 3.62. The van der Waals surface area contributed by atoms with Gasteiger partial charge in [0, 0.05) is 4.88 Å². The highest BCUT2D eigenvalue weighted by atomic mass is 32.2. The molecule has 1 atom stereocenters. The summed E-state index contributed by atoms with van der Waals surface area (Å²) in [6.45, 7) is 4.34. The molecule has 2 aromatic carbocycles. The van der Waals surface area contributed by atoms with Crippen LogP contribution in [0.2, 0.25) is 0 Å². The molecule has 33 heavy (non-hydrogen) atoms. The second kappa shape index (κ2) is 8.84. The predicted molar refractivity (Wildman–Crippen MR) is 132 cm³/mol. The number of benzene rings is 2. The number of thiophene rings is 1. The molecule has 1 amide bonds. The SMILES string of the molecule is Cc1ccc(-n2c(=O)c3ccccc3n3c(SC(C)C(=O)NCc4cccs4)nnc23)cc1. The highest BCUT2D eigenvalue weighted by molar-refractivity contribution is 8.00. The highest BCUT2D eigenvalue weighted by Crippen LogP contribution is 2.26. The number of aryl methyl sites for hydroxylation is 1. The Kier molecular flexibility index (Phi) is 5.74. The number of thioether (sulfide) groups is 1. The lowest BCUT2D eigenvalue weighted by molar-refractivity contribution is -0.120. The Morgan fingerprint density at radius 1 is 1.09 bits per heavy atom. The maximum Gasteiger partial charge on any atom is 0.267 e. The lowest BCUT2D eigenvalue weighted by Crippen LogP contribution is -2.30. The van der Waals surface area contributed by atoms with E-state index < -0.39 is 5.25 Å².